The van der Waals surface area contributed by atoms with Gasteiger partial charge in [-0.1, -0.05) is 22.0 Å². The Morgan fingerprint density at radius 1 is 1.25 bits per heavy atom. The molecule has 112 valence electrons. The predicted molar refractivity (Wildman–Crippen MR) is 76.4 cm³/mol. The van der Waals surface area contributed by atoms with Crippen LogP contribution in [-0.2, 0) is 4.79 Å². The van der Waals surface area contributed by atoms with Crippen molar-refractivity contribution in [1.29, 1.82) is 0 Å². The van der Waals surface area contributed by atoms with Crippen molar-refractivity contribution in [1.82, 2.24) is 5.32 Å². The molecule has 0 unspecified atom stereocenters. The van der Waals surface area contributed by atoms with Gasteiger partial charge in [-0.05, 0) is 18.2 Å². The van der Waals surface area contributed by atoms with Crippen molar-refractivity contribution in [2.24, 2.45) is 0 Å². The molecule has 1 aromatic rings. The molecule has 0 bridgehead atoms. The molecule has 0 heterocycles. The van der Waals surface area contributed by atoms with Gasteiger partial charge >= 0.3 is 0 Å². The van der Waals surface area contributed by atoms with Crippen molar-refractivity contribution < 1.29 is 24.9 Å². The molecule has 1 rings (SSSR count). The fourth-order valence-corrected chi connectivity index (χ4v) is 1.82. The van der Waals surface area contributed by atoms with Crippen LogP contribution in [0.5, 0.6) is 5.75 Å². The highest BCUT2D eigenvalue weighted by molar-refractivity contribution is 9.10. The number of hydrogen-bond acceptors (Lipinski definition) is 5. The van der Waals surface area contributed by atoms with E-state index in [1.54, 1.807) is 12.1 Å². The first-order chi connectivity index (χ1) is 9.55. The average Bonchev–Trinajstić information content (AvgIpc) is 2.45. The second-order valence-electron chi connectivity index (χ2n) is 4.36. The van der Waals surface area contributed by atoms with E-state index in [9.17, 15) is 4.79 Å². The summed E-state index contributed by atoms with van der Waals surface area (Å²) in [5.41, 5.74) is -1.40. The number of nitrogens with one attached hydrogen (secondary N) is 1. The normalized spacial score (nSPS) is 11.2. The predicted octanol–water partition coefficient (Wildman–Crippen LogP) is 0.0499. The van der Waals surface area contributed by atoms with Gasteiger partial charge in [0.25, 0.3) is 0 Å². The summed E-state index contributed by atoms with van der Waals surface area (Å²) in [4.78, 5) is 11.7. The smallest absolute Gasteiger partial charge is 0.224 e. The van der Waals surface area contributed by atoms with Gasteiger partial charge in [-0.3, -0.25) is 4.79 Å². The van der Waals surface area contributed by atoms with Gasteiger partial charge in [-0.15, -0.1) is 0 Å². The Balaban J connectivity index is 2.40. The van der Waals surface area contributed by atoms with Crippen LogP contribution < -0.4 is 10.1 Å². The third-order valence-electron chi connectivity index (χ3n) is 2.71. The zero-order valence-corrected chi connectivity index (χ0v) is 12.5. The largest absolute Gasteiger partial charge is 0.493 e. The highest BCUT2D eigenvalue weighted by Gasteiger charge is 2.29. The van der Waals surface area contributed by atoms with E-state index in [0.717, 1.165) is 4.47 Å². The van der Waals surface area contributed by atoms with Gasteiger partial charge in [0.1, 0.15) is 11.3 Å². The quantitative estimate of drug-likeness (QED) is 0.532. The summed E-state index contributed by atoms with van der Waals surface area (Å²) in [5, 5.41) is 29.7. The van der Waals surface area contributed by atoms with Crippen LogP contribution in [0, 0.1) is 0 Å². The molecule has 7 heteroatoms. The van der Waals surface area contributed by atoms with E-state index in [-0.39, 0.29) is 13.0 Å². The molecule has 4 N–H and O–H groups in total. The molecule has 20 heavy (non-hydrogen) atoms. The van der Waals surface area contributed by atoms with E-state index >= 15 is 0 Å². The first-order valence-corrected chi connectivity index (χ1v) is 6.86. The number of halogens is 1. The Morgan fingerprint density at radius 3 is 2.45 bits per heavy atom. The van der Waals surface area contributed by atoms with Gasteiger partial charge < -0.3 is 25.4 Å². The molecule has 0 aromatic heterocycles. The third-order valence-corrected chi connectivity index (χ3v) is 3.20. The summed E-state index contributed by atoms with van der Waals surface area (Å²) in [5.74, 6) is 0.210. The molecular formula is C13H18BrNO5. The second kappa shape index (κ2) is 8.21. The van der Waals surface area contributed by atoms with Crippen LogP contribution >= 0.6 is 15.9 Å². The Bertz CT molecular complexity index is 428. The monoisotopic (exact) mass is 347 g/mol. The fourth-order valence-electron chi connectivity index (χ4n) is 1.45. The fraction of sp³-hybridized carbons (Fsp3) is 0.462. The van der Waals surface area contributed by atoms with E-state index in [2.05, 4.69) is 21.2 Å². The number of hydrogen-bond donors (Lipinski definition) is 4. The molecule has 0 aliphatic heterocycles. The van der Waals surface area contributed by atoms with Crippen LogP contribution in [0.15, 0.2) is 28.7 Å². The molecule has 0 atom stereocenters. The first-order valence-electron chi connectivity index (χ1n) is 6.07. The number of aliphatic hydroxyl groups excluding tert-OH is 3. The summed E-state index contributed by atoms with van der Waals surface area (Å²) < 4.78 is 6.27. The Hall–Kier alpha value is -1.15. The first kappa shape index (κ1) is 16.9. The van der Waals surface area contributed by atoms with E-state index in [1.165, 1.54) is 0 Å². The van der Waals surface area contributed by atoms with Gasteiger partial charge in [0.05, 0.1) is 32.8 Å². The zero-order chi connectivity index (χ0) is 15.0. The summed E-state index contributed by atoms with van der Waals surface area (Å²) in [6, 6.07) is 7.21. The van der Waals surface area contributed by atoms with Crippen molar-refractivity contribution in [3.8, 4) is 5.75 Å². The molecule has 0 spiro atoms. The topological polar surface area (TPSA) is 99.0 Å². The molecular weight excluding hydrogens is 330 g/mol. The summed E-state index contributed by atoms with van der Waals surface area (Å²) in [6.07, 6.45) is 0.0499. The molecule has 0 saturated heterocycles. The number of carbonyl (C=O) groups is 1. The van der Waals surface area contributed by atoms with Crippen molar-refractivity contribution in [3.63, 3.8) is 0 Å². The van der Waals surface area contributed by atoms with Gasteiger partial charge in [-0.25, -0.2) is 0 Å². The minimum absolute atomic E-state index is 0.0499. The third kappa shape index (κ3) is 5.09. The zero-order valence-electron chi connectivity index (χ0n) is 10.9. The van der Waals surface area contributed by atoms with E-state index in [4.69, 9.17) is 20.1 Å². The number of amides is 1. The highest BCUT2D eigenvalue weighted by atomic mass is 79.9. The minimum Gasteiger partial charge on any atom is -0.493 e. The van der Waals surface area contributed by atoms with Gasteiger partial charge in [-0.2, -0.15) is 0 Å². The number of benzene rings is 1. The standard InChI is InChI=1S/C13H18BrNO5/c14-10-2-1-3-11(6-10)20-5-4-12(19)15-13(7-16,8-17)9-18/h1-3,6,16-18H,4-5,7-9H2,(H,15,19). The van der Waals surface area contributed by atoms with E-state index in [0.29, 0.717) is 5.75 Å². The lowest BCUT2D eigenvalue weighted by atomic mass is 10.0. The van der Waals surface area contributed by atoms with Gasteiger partial charge in [0, 0.05) is 4.47 Å². The molecule has 1 amide bonds. The molecule has 0 fully saturated rings. The summed E-state index contributed by atoms with van der Waals surface area (Å²) in [6.45, 7) is -1.48. The Morgan fingerprint density at radius 2 is 1.90 bits per heavy atom. The molecule has 0 aliphatic rings. The molecule has 0 saturated carbocycles. The lowest BCUT2D eigenvalue weighted by molar-refractivity contribution is -0.125. The van der Waals surface area contributed by atoms with Crippen molar-refractivity contribution in [3.05, 3.63) is 28.7 Å². The van der Waals surface area contributed by atoms with Crippen molar-refractivity contribution >= 4 is 21.8 Å². The SMILES string of the molecule is O=C(CCOc1cccc(Br)c1)NC(CO)(CO)CO. The van der Waals surface area contributed by atoms with Crippen LogP contribution in [0.3, 0.4) is 0 Å². The number of aliphatic hydroxyl groups is 3. The number of rotatable bonds is 8. The number of carbonyl (C=O) groups excluding carboxylic acids is 1. The number of ether oxygens (including phenoxy) is 1. The van der Waals surface area contributed by atoms with Gasteiger partial charge in [0.15, 0.2) is 0 Å². The Kier molecular flexibility index (Phi) is 6.94. The van der Waals surface area contributed by atoms with Crippen LogP contribution in [0.4, 0.5) is 0 Å². The van der Waals surface area contributed by atoms with Crippen LogP contribution in [0.25, 0.3) is 0 Å². The lowest BCUT2D eigenvalue weighted by Gasteiger charge is -2.28. The maximum atomic E-state index is 11.7. The molecule has 6 nitrogen and oxygen atoms in total. The van der Waals surface area contributed by atoms with Crippen molar-refractivity contribution in [2.75, 3.05) is 26.4 Å². The van der Waals surface area contributed by atoms with E-state index in [1.807, 2.05) is 12.1 Å². The van der Waals surface area contributed by atoms with Crippen LogP contribution in [0.2, 0.25) is 0 Å². The summed E-state index contributed by atoms with van der Waals surface area (Å²) >= 11 is 3.31. The molecule has 0 aliphatic carbocycles. The minimum atomic E-state index is -1.40. The lowest BCUT2D eigenvalue weighted by Crippen LogP contribution is -2.57. The average molecular weight is 348 g/mol. The van der Waals surface area contributed by atoms with Crippen LogP contribution in [0.1, 0.15) is 6.42 Å². The Labute approximate surface area is 125 Å². The van der Waals surface area contributed by atoms with Crippen molar-refractivity contribution in [2.45, 2.75) is 12.0 Å². The maximum absolute atomic E-state index is 11.7. The second-order valence-corrected chi connectivity index (χ2v) is 5.27. The van der Waals surface area contributed by atoms with Crippen LogP contribution in [-0.4, -0.2) is 53.2 Å². The molecule has 1 aromatic carbocycles. The summed E-state index contributed by atoms with van der Waals surface area (Å²) in [7, 11) is 0. The maximum Gasteiger partial charge on any atom is 0.224 e. The van der Waals surface area contributed by atoms with E-state index < -0.39 is 31.3 Å². The highest BCUT2D eigenvalue weighted by Crippen LogP contribution is 2.17. The van der Waals surface area contributed by atoms with Gasteiger partial charge in [0.2, 0.25) is 5.91 Å². The molecule has 0 radical (unpaired) electrons.